The molecule has 100 valence electrons. The smallest absolute Gasteiger partial charge is 0.217 e. The van der Waals surface area contributed by atoms with Crippen molar-refractivity contribution >= 4 is 5.91 Å². The molecule has 1 saturated heterocycles. The van der Waals surface area contributed by atoms with E-state index >= 15 is 0 Å². The van der Waals surface area contributed by atoms with Gasteiger partial charge in [-0.15, -0.1) is 0 Å². The summed E-state index contributed by atoms with van der Waals surface area (Å²) in [7, 11) is 0. The molecule has 19 heavy (non-hydrogen) atoms. The van der Waals surface area contributed by atoms with Crippen molar-refractivity contribution in [1.82, 2.24) is 10.2 Å². The van der Waals surface area contributed by atoms with Crippen LogP contribution in [0.4, 0.5) is 0 Å². The number of rotatable bonds is 3. The van der Waals surface area contributed by atoms with Crippen LogP contribution in [0.15, 0.2) is 24.3 Å². The number of carbonyl (C=O) groups is 1. The second kappa shape index (κ2) is 6.35. The van der Waals surface area contributed by atoms with Crippen molar-refractivity contribution in [3.8, 4) is 6.07 Å². The van der Waals surface area contributed by atoms with Crippen molar-refractivity contribution in [3.05, 3.63) is 35.4 Å². The molecule has 1 N–H and O–H groups in total. The molecule has 1 aromatic rings. The van der Waals surface area contributed by atoms with Crippen LogP contribution in [0.3, 0.4) is 0 Å². The fourth-order valence-electron chi connectivity index (χ4n) is 2.52. The number of hydrogen-bond donors (Lipinski definition) is 1. The Labute approximate surface area is 114 Å². The van der Waals surface area contributed by atoms with E-state index in [0.717, 1.165) is 32.5 Å². The highest BCUT2D eigenvalue weighted by Crippen LogP contribution is 2.14. The zero-order valence-corrected chi connectivity index (χ0v) is 11.2. The van der Waals surface area contributed by atoms with Crippen LogP contribution < -0.4 is 5.32 Å². The molecule has 2 rings (SSSR count). The molecule has 0 spiro atoms. The highest BCUT2D eigenvalue weighted by Gasteiger charge is 2.19. The van der Waals surface area contributed by atoms with E-state index in [9.17, 15) is 4.79 Å². The number of hydrogen-bond acceptors (Lipinski definition) is 3. The lowest BCUT2D eigenvalue weighted by molar-refractivity contribution is -0.119. The number of nitrogens with one attached hydrogen (secondary N) is 1. The summed E-state index contributed by atoms with van der Waals surface area (Å²) in [5.41, 5.74) is 1.89. The Balaban J connectivity index is 1.85. The van der Waals surface area contributed by atoms with Crippen LogP contribution in [0, 0.1) is 11.3 Å². The van der Waals surface area contributed by atoms with E-state index in [1.165, 1.54) is 5.56 Å². The van der Waals surface area contributed by atoms with Crippen LogP contribution in [-0.2, 0) is 11.3 Å². The third kappa shape index (κ3) is 4.08. The van der Waals surface area contributed by atoms with Gasteiger partial charge in [0, 0.05) is 32.6 Å². The van der Waals surface area contributed by atoms with Gasteiger partial charge in [-0.25, -0.2) is 0 Å². The van der Waals surface area contributed by atoms with Gasteiger partial charge in [0.15, 0.2) is 0 Å². The third-order valence-electron chi connectivity index (χ3n) is 3.46. The van der Waals surface area contributed by atoms with Crippen molar-refractivity contribution in [3.63, 3.8) is 0 Å². The molecule has 4 heteroatoms. The topological polar surface area (TPSA) is 56.1 Å². The minimum Gasteiger partial charge on any atom is -0.354 e. The van der Waals surface area contributed by atoms with Crippen LogP contribution in [0.1, 0.15) is 30.9 Å². The highest BCUT2D eigenvalue weighted by molar-refractivity contribution is 5.73. The monoisotopic (exact) mass is 257 g/mol. The number of carbonyl (C=O) groups excluding carboxylic acids is 1. The first kappa shape index (κ1) is 13.6. The average Bonchev–Trinajstić information content (AvgIpc) is 2.41. The molecule has 0 aromatic heterocycles. The van der Waals surface area contributed by atoms with Gasteiger partial charge in [0.25, 0.3) is 0 Å². The Bertz CT molecular complexity index is 484. The molecule has 0 radical (unpaired) electrons. The van der Waals surface area contributed by atoms with Gasteiger partial charge in [-0.1, -0.05) is 12.1 Å². The summed E-state index contributed by atoms with van der Waals surface area (Å²) in [5, 5.41) is 11.9. The molecule has 1 aliphatic heterocycles. The fraction of sp³-hybridized carbons (Fsp3) is 0.467. The normalized spacial score (nSPS) is 16.8. The van der Waals surface area contributed by atoms with E-state index in [1.54, 1.807) is 6.92 Å². The first-order valence-corrected chi connectivity index (χ1v) is 6.66. The van der Waals surface area contributed by atoms with E-state index in [0.29, 0.717) is 11.6 Å². The molecular weight excluding hydrogens is 238 g/mol. The van der Waals surface area contributed by atoms with E-state index < -0.39 is 0 Å². The second-order valence-electron chi connectivity index (χ2n) is 5.06. The van der Waals surface area contributed by atoms with Crippen LogP contribution in [0.5, 0.6) is 0 Å². The van der Waals surface area contributed by atoms with Crippen molar-refractivity contribution in [2.75, 3.05) is 13.1 Å². The van der Waals surface area contributed by atoms with Gasteiger partial charge in [-0.3, -0.25) is 9.69 Å². The lowest BCUT2D eigenvalue weighted by atomic mass is 10.0. The number of piperidine rings is 1. The lowest BCUT2D eigenvalue weighted by Gasteiger charge is -2.32. The van der Waals surface area contributed by atoms with Gasteiger partial charge in [-0.2, -0.15) is 5.26 Å². The molecule has 0 bridgehead atoms. The summed E-state index contributed by atoms with van der Waals surface area (Å²) < 4.78 is 0. The molecule has 1 aromatic carbocycles. The number of nitriles is 1. The molecule has 1 amide bonds. The Hall–Kier alpha value is -1.86. The molecule has 1 aliphatic rings. The van der Waals surface area contributed by atoms with Gasteiger partial charge in [0.2, 0.25) is 5.91 Å². The lowest BCUT2D eigenvalue weighted by Crippen LogP contribution is -2.43. The zero-order valence-electron chi connectivity index (χ0n) is 11.2. The van der Waals surface area contributed by atoms with Crippen LogP contribution in [0.2, 0.25) is 0 Å². The minimum absolute atomic E-state index is 0.0557. The second-order valence-corrected chi connectivity index (χ2v) is 5.06. The average molecular weight is 257 g/mol. The molecule has 0 saturated carbocycles. The maximum Gasteiger partial charge on any atom is 0.217 e. The van der Waals surface area contributed by atoms with Gasteiger partial charge in [-0.05, 0) is 30.5 Å². The third-order valence-corrected chi connectivity index (χ3v) is 3.46. The Kier molecular flexibility index (Phi) is 4.53. The van der Waals surface area contributed by atoms with Crippen LogP contribution in [0.25, 0.3) is 0 Å². The Morgan fingerprint density at radius 2 is 2.21 bits per heavy atom. The first-order valence-electron chi connectivity index (χ1n) is 6.66. The summed E-state index contributed by atoms with van der Waals surface area (Å²) in [5.74, 6) is 0.0557. The molecule has 0 unspecified atom stereocenters. The van der Waals surface area contributed by atoms with Gasteiger partial charge < -0.3 is 5.32 Å². The number of nitrogens with zero attached hydrogens (tertiary/aromatic N) is 2. The van der Waals surface area contributed by atoms with Crippen molar-refractivity contribution in [2.24, 2.45) is 0 Å². The standard InChI is InChI=1S/C15H19N3O/c1-12(19)17-15-5-7-18(8-6-15)11-14-4-2-3-13(9-14)10-16/h2-4,9,15H,5-8,11H2,1H3,(H,17,19). The SMILES string of the molecule is CC(=O)NC1CCN(Cc2cccc(C#N)c2)CC1. The quantitative estimate of drug-likeness (QED) is 0.896. The molecule has 0 atom stereocenters. The largest absolute Gasteiger partial charge is 0.354 e. The fourth-order valence-corrected chi connectivity index (χ4v) is 2.52. The summed E-state index contributed by atoms with van der Waals surface area (Å²) in [6, 6.07) is 10.2. The van der Waals surface area contributed by atoms with E-state index in [-0.39, 0.29) is 5.91 Å². The van der Waals surface area contributed by atoms with Crippen LogP contribution >= 0.6 is 0 Å². The summed E-state index contributed by atoms with van der Waals surface area (Å²) in [6.45, 7) is 4.42. The van der Waals surface area contributed by atoms with Gasteiger partial charge >= 0.3 is 0 Å². The maximum atomic E-state index is 11.0. The summed E-state index contributed by atoms with van der Waals surface area (Å²) in [4.78, 5) is 13.4. The zero-order chi connectivity index (χ0) is 13.7. The van der Waals surface area contributed by atoms with Crippen molar-refractivity contribution < 1.29 is 4.79 Å². The van der Waals surface area contributed by atoms with E-state index in [2.05, 4.69) is 22.4 Å². The summed E-state index contributed by atoms with van der Waals surface area (Å²) >= 11 is 0. The predicted molar refractivity (Wildman–Crippen MR) is 73.3 cm³/mol. The number of amides is 1. The molecule has 4 nitrogen and oxygen atoms in total. The van der Waals surface area contributed by atoms with Gasteiger partial charge in [0.05, 0.1) is 11.6 Å². The Morgan fingerprint density at radius 3 is 2.84 bits per heavy atom. The Morgan fingerprint density at radius 1 is 1.47 bits per heavy atom. The maximum absolute atomic E-state index is 11.0. The number of likely N-dealkylation sites (tertiary alicyclic amines) is 1. The highest BCUT2D eigenvalue weighted by atomic mass is 16.1. The van der Waals surface area contributed by atoms with Crippen molar-refractivity contribution in [1.29, 1.82) is 5.26 Å². The predicted octanol–water partition coefficient (Wildman–Crippen LogP) is 1.66. The summed E-state index contributed by atoms with van der Waals surface area (Å²) in [6.07, 6.45) is 2.00. The first-order chi connectivity index (χ1) is 9.17. The molecule has 0 aliphatic carbocycles. The molecular formula is C15H19N3O. The van der Waals surface area contributed by atoms with E-state index in [4.69, 9.17) is 5.26 Å². The van der Waals surface area contributed by atoms with Gasteiger partial charge in [0.1, 0.15) is 0 Å². The molecule has 1 heterocycles. The minimum atomic E-state index is 0.0557. The van der Waals surface area contributed by atoms with E-state index in [1.807, 2.05) is 18.2 Å². The van der Waals surface area contributed by atoms with Crippen LogP contribution in [-0.4, -0.2) is 29.9 Å². The number of benzene rings is 1. The van der Waals surface area contributed by atoms with Crippen molar-refractivity contribution in [2.45, 2.75) is 32.4 Å². The molecule has 1 fully saturated rings.